The maximum Gasteiger partial charge on any atom is 0.0595 e. The van der Waals surface area contributed by atoms with E-state index in [-0.39, 0.29) is 16.4 Å². The van der Waals surface area contributed by atoms with E-state index in [2.05, 4.69) is 122 Å². The van der Waals surface area contributed by atoms with Crippen LogP contribution >= 0.6 is 23.2 Å². The van der Waals surface area contributed by atoms with Crippen LogP contribution in [0.4, 0.5) is 0 Å². The molecule has 4 aromatic rings. The molecule has 0 saturated carbocycles. The average molecular weight is 586 g/mol. The average Bonchev–Trinajstić information content (AvgIpc) is 3.04. The summed E-state index contributed by atoms with van der Waals surface area (Å²) in [6.07, 6.45) is 4.99. The van der Waals surface area contributed by atoms with Crippen LogP contribution in [0.2, 0.25) is 10.0 Å². The fourth-order valence-corrected chi connectivity index (χ4v) is 7.68. The van der Waals surface area contributed by atoms with Crippen LogP contribution in [0.25, 0.3) is 0 Å². The second kappa shape index (κ2) is 12.7. The first kappa shape index (κ1) is 29.9. The van der Waals surface area contributed by atoms with Crippen molar-refractivity contribution < 1.29 is 0 Å². The van der Waals surface area contributed by atoms with Crippen LogP contribution in [0.15, 0.2) is 109 Å². The van der Waals surface area contributed by atoms with Crippen molar-refractivity contribution in [3.8, 4) is 0 Å². The molecule has 0 amide bonds. The van der Waals surface area contributed by atoms with Crippen molar-refractivity contribution in [1.29, 1.82) is 0 Å². The lowest BCUT2D eigenvalue weighted by Gasteiger charge is -2.53. The Morgan fingerprint density at radius 1 is 0.683 bits per heavy atom. The third-order valence-electron chi connectivity index (χ3n) is 10.00. The van der Waals surface area contributed by atoms with Crippen LogP contribution in [-0.2, 0) is 10.8 Å². The highest BCUT2D eigenvalue weighted by Gasteiger charge is 2.49. The van der Waals surface area contributed by atoms with Crippen molar-refractivity contribution in [3.63, 3.8) is 0 Å². The Kier molecular flexibility index (Phi) is 9.26. The number of hydrogen-bond donors (Lipinski definition) is 1. The minimum absolute atomic E-state index is 0.0199. The predicted molar refractivity (Wildman–Crippen MR) is 175 cm³/mol. The van der Waals surface area contributed by atoms with Crippen molar-refractivity contribution in [2.75, 3.05) is 19.6 Å². The van der Waals surface area contributed by atoms with E-state index >= 15 is 0 Å². The van der Waals surface area contributed by atoms with Crippen LogP contribution in [0.5, 0.6) is 0 Å². The van der Waals surface area contributed by atoms with Gasteiger partial charge >= 0.3 is 0 Å². The van der Waals surface area contributed by atoms with Gasteiger partial charge in [0.2, 0.25) is 0 Å². The summed E-state index contributed by atoms with van der Waals surface area (Å²) >= 11 is 13.1. The van der Waals surface area contributed by atoms with Crippen LogP contribution < -0.4 is 5.73 Å². The third kappa shape index (κ3) is 5.60. The molecular formula is C37H42Cl2N2. The molecule has 0 radical (unpaired) electrons. The first-order valence-corrected chi connectivity index (χ1v) is 15.8. The molecule has 0 bridgehead atoms. The number of halogens is 2. The van der Waals surface area contributed by atoms with Crippen LogP contribution in [-0.4, -0.2) is 30.1 Å². The van der Waals surface area contributed by atoms with Crippen molar-refractivity contribution in [1.82, 2.24) is 4.90 Å². The van der Waals surface area contributed by atoms with Gasteiger partial charge in [0.05, 0.1) is 10.0 Å². The Morgan fingerprint density at radius 2 is 1.20 bits per heavy atom. The molecule has 1 aliphatic heterocycles. The number of benzene rings is 4. The lowest BCUT2D eigenvalue weighted by molar-refractivity contribution is 0.0846. The van der Waals surface area contributed by atoms with Gasteiger partial charge in [0.1, 0.15) is 0 Å². The Hall–Kier alpha value is -2.62. The molecule has 4 aromatic carbocycles. The third-order valence-corrected chi connectivity index (χ3v) is 10.7. The highest BCUT2D eigenvalue weighted by atomic mass is 35.5. The van der Waals surface area contributed by atoms with Crippen molar-refractivity contribution in [2.45, 2.75) is 62.3 Å². The zero-order valence-corrected chi connectivity index (χ0v) is 25.8. The molecule has 2 N–H and O–H groups in total. The monoisotopic (exact) mass is 584 g/mol. The van der Waals surface area contributed by atoms with E-state index in [0.717, 1.165) is 57.3 Å². The van der Waals surface area contributed by atoms with Gasteiger partial charge in [0.25, 0.3) is 0 Å². The minimum atomic E-state index is -0.366. The number of likely N-dealkylation sites (tertiary alicyclic amines) is 1. The molecular weight excluding hydrogens is 543 g/mol. The highest BCUT2D eigenvalue weighted by Crippen LogP contribution is 2.48. The first-order chi connectivity index (χ1) is 19.9. The minimum Gasteiger partial charge on any atom is -0.324 e. The van der Waals surface area contributed by atoms with Gasteiger partial charge in [-0.1, -0.05) is 134 Å². The summed E-state index contributed by atoms with van der Waals surface area (Å²) in [5.74, 6) is 0. The zero-order valence-electron chi connectivity index (χ0n) is 24.3. The summed E-state index contributed by atoms with van der Waals surface area (Å²) in [6, 6.07) is 38.9. The highest BCUT2D eigenvalue weighted by molar-refractivity contribution is 6.42. The normalized spacial score (nSPS) is 16.0. The number of piperidine rings is 1. The smallest absolute Gasteiger partial charge is 0.0595 e. The number of nitrogens with zero attached hydrogens (tertiary/aromatic N) is 1. The van der Waals surface area contributed by atoms with Gasteiger partial charge in [0.15, 0.2) is 0 Å². The SMILES string of the molecule is CCC(N)(CC)C1(c2ccccc2)CCN(CCC(c2ccccc2)(c2ccccc2)c2ccc(Cl)c(Cl)c2)CC1. The van der Waals surface area contributed by atoms with Gasteiger partial charge < -0.3 is 10.6 Å². The van der Waals surface area contributed by atoms with Crippen molar-refractivity contribution >= 4 is 23.2 Å². The quantitative estimate of drug-likeness (QED) is 0.188. The molecule has 0 spiro atoms. The van der Waals surface area contributed by atoms with Gasteiger partial charge in [0, 0.05) is 16.4 Å². The zero-order chi connectivity index (χ0) is 28.9. The summed E-state index contributed by atoms with van der Waals surface area (Å²) in [6.45, 7) is 7.52. The molecule has 0 atom stereocenters. The summed E-state index contributed by atoms with van der Waals surface area (Å²) in [5.41, 5.74) is 11.7. The maximum atomic E-state index is 7.24. The summed E-state index contributed by atoms with van der Waals surface area (Å²) in [7, 11) is 0. The molecule has 41 heavy (non-hydrogen) atoms. The first-order valence-electron chi connectivity index (χ1n) is 15.0. The van der Waals surface area contributed by atoms with E-state index in [1.807, 2.05) is 6.07 Å². The van der Waals surface area contributed by atoms with Gasteiger partial charge in [-0.2, -0.15) is 0 Å². The predicted octanol–water partition coefficient (Wildman–Crippen LogP) is 9.27. The second-order valence-electron chi connectivity index (χ2n) is 11.7. The lowest BCUT2D eigenvalue weighted by Crippen LogP contribution is -2.61. The van der Waals surface area contributed by atoms with E-state index < -0.39 is 0 Å². The Bertz CT molecular complexity index is 1350. The van der Waals surface area contributed by atoms with Gasteiger partial charge in [-0.15, -0.1) is 0 Å². The molecule has 1 saturated heterocycles. The Balaban J connectivity index is 1.49. The van der Waals surface area contributed by atoms with Crippen LogP contribution in [0.3, 0.4) is 0 Å². The van der Waals surface area contributed by atoms with Crippen LogP contribution in [0.1, 0.15) is 68.2 Å². The fourth-order valence-electron chi connectivity index (χ4n) is 7.38. The Labute approximate surface area is 256 Å². The van der Waals surface area contributed by atoms with E-state index in [9.17, 15) is 0 Å². The fraction of sp³-hybridized carbons (Fsp3) is 0.351. The molecule has 0 aliphatic carbocycles. The van der Waals surface area contributed by atoms with E-state index in [0.29, 0.717) is 10.0 Å². The van der Waals surface area contributed by atoms with Gasteiger partial charge in [-0.25, -0.2) is 0 Å². The molecule has 2 nitrogen and oxygen atoms in total. The number of rotatable bonds is 10. The van der Waals surface area contributed by atoms with Crippen molar-refractivity contribution in [3.05, 3.63) is 141 Å². The van der Waals surface area contributed by atoms with E-state index in [4.69, 9.17) is 28.9 Å². The van der Waals surface area contributed by atoms with Crippen molar-refractivity contribution in [2.24, 2.45) is 5.73 Å². The van der Waals surface area contributed by atoms with Crippen LogP contribution in [0, 0.1) is 0 Å². The second-order valence-corrected chi connectivity index (χ2v) is 12.5. The summed E-state index contributed by atoms with van der Waals surface area (Å²) < 4.78 is 0. The molecule has 1 heterocycles. The van der Waals surface area contributed by atoms with E-state index in [1.54, 1.807) is 0 Å². The standard InChI is InChI=1S/C37H42Cl2N2/c1-3-36(40,4-2)35(29-14-8-5-9-15-29)22-25-41(26-23-35)27-24-37(30-16-10-6-11-17-30,31-18-12-7-13-19-31)32-20-21-33(38)34(39)28-32/h5-21,28H,3-4,22-27,40H2,1-2H3. The van der Waals surface area contributed by atoms with Gasteiger partial charge in [-0.05, 0) is 86.1 Å². The lowest BCUT2D eigenvalue weighted by atomic mass is 9.58. The molecule has 4 heteroatoms. The molecule has 0 aromatic heterocycles. The van der Waals surface area contributed by atoms with E-state index in [1.165, 1.54) is 16.7 Å². The molecule has 214 valence electrons. The molecule has 1 fully saturated rings. The molecule has 5 rings (SSSR count). The van der Waals surface area contributed by atoms with Gasteiger partial charge in [-0.3, -0.25) is 0 Å². The largest absolute Gasteiger partial charge is 0.324 e. The number of hydrogen-bond acceptors (Lipinski definition) is 2. The Morgan fingerprint density at radius 3 is 1.68 bits per heavy atom. The molecule has 1 aliphatic rings. The maximum absolute atomic E-state index is 7.24. The summed E-state index contributed by atoms with van der Waals surface area (Å²) in [5, 5.41) is 1.17. The molecule has 0 unspecified atom stereocenters. The topological polar surface area (TPSA) is 29.3 Å². The number of nitrogens with two attached hydrogens (primary N) is 1. The summed E-state index contributed by atoms with van der Waals surface area (Å²) in [4.78, 5) is 2.64.